The Balaban J connectivity index is 1.68. The molecule has 0 spiro atoms. The summed E-state index contributed by atoms with van der Waals surface area (Å²) in [6, 6.07) is 13.0. The molecular weight excluding hydrogens is 424 g/mol. The third kappa shape index (κ3) is 4.28. The Kier molecular flexibility index (Phi) is 6.58. The van der Waals surface area contributed by atoms with Crippen LogP contribution in [0.2, 0.25) is 0 Å². The molecule has 2 saturated heterocycles. The summed E-state index contributed by atoms with van der Waals surface area (Å²) in [6.45, 7) is 5.14. The number of amides is 1. The van der Waals surface area contributed by atoms with E-state index < -0.39 is 10.0 Å². The summed E-state index contributed by atoms with van der Waals surface area (Å²) >= 11 is 0. The summed E-state index contributed by atoms with van der Waals surface area (Å²) in [5.41, 5.74) is 2.67. The zero-order valence-electron chi connectivity index (χ0n) is 19.1. The normalized spacial score (nSPS) is 22.2. The first-order chi connectivity index (χ1) is 15.3. The van der Waals surface area contributed by atoms with Gasteiger partial charge in [-0.1, -0.05) is 36.2 Å². The standard InChI is InChI=1S/C25H32N2O4S/c1-18-8-6-10-20(16-18)22-11-7-14-26(22)25(28)21-12-13-23(31-3)24(17-21)32(29,30)27-15-5-4-9-19(27)2/h6,8,10,12-13,16-17,19,22H,4-5,7,9,11,14-15H2,1-3H3. The molecule has 0 aliphatic carbocycles. The van der Waals surface area contributed by atoms with Gasteiger partial charge >= 0.3 is 0 Å². The smallest absolute Gasteiger partial charge is 0.254 e. The molecule has 2 atom stereocenters. The van der Waals surface area contributed by atoms with Gasteiger partial charge in [0, 0.05) is 24.7 Å². The number of hydrogen-bond donors (Lipinski definition) is 0. The van der Waals surface area contributed by atoms with Crippen LogP contribution in [-0.4, -0.2) is 49.8 Å². The molecule has 7 heteroatoms. The number of hydrogen-bond acceptors (Lipinski definition) is 4. The highest BCUT2D eigenvalue weighted by molar-refractivity contribution is 7.89. The molecule has 0 bridgehead atoms. The molecule has 1 amide bonds. The highest BCUT2D eigenvalue weighted by Crippen LogP contribution is 2.36. The van der Waals surface area contributed by atoms with E-state index in [4.69, 9.17) is 4.74 Å². The average Bonchev–Trinajstić information content (AvgIpc) is 3.28. The van der Waals surface area contributed by atoms with Crippen LogP contribution in [0.3, 0.4) is 0 Å². The molecule has 2 aliphatic rings. The molecule has 2 heterocycles. The van der Waals surface area contributed by atoms with Crippen molar-refractivity contribution < 1.29 is 17.9 Å². The minimum Gasteiger partial charge on any atom is -0.495 e. The van der Waals surface area contributed by atoms with E-state index >= 15 is 0 Å². The van der Waals surface area contributed by atoms with Crippen molar-refractivity contribution in [3.63, 3.8) is 0 Å². The maximum absolute atomic E-state index is 13.5. The van der Waals surface area contributed by atoms with E-state index in [1.165, 1.54) is 13.2 Å². The number of benzene rings is 2. The van der Waals surface area contributed by atoms with Crippen LogP contribution in [0.5, 0.6) is 5.75 Å². The Hall–Kier alpha value is -2.38. The number of aryl methyl sites for hydroxylation is 1. The number of methoxy groups -OCH3 is 1. The Morgan fingerprint density at radius 2 is 1.84 bits per heavy atom. The molecule has 0 aromatic heterocycles. The van der Waals surface area contributed by atoms with Crippen LogP contribution in [0.1, 0.15) is 66.6 Å². The predicted molar refractivity (Wildman–Crippen MR) is 124 cm³/mol. The van der Waals surface area contributed by atoms with Crippen LogP contribution in [0.25, 0.3) is 0 Å². The largest absolute Gasteiger partial charge is 0.495 e. The lowest BCUT2D eigenvalue weighted by atomic mass is 10.0. The van der Waals surface area contributed by atoms with Gasteiger partial charge in [0.2, 0.25) is 10.0 Å². The molecule has 2 fully saturated rings. The van der Waals surface area contributed by atoms with Crippen molar-refractivity contribution in [3.05, 3.63) is 59.2 Å². The van der Waals surface area contributed by atoms with Crippen LogP contribution >= 0.6 is 0 Å². The molecule has 6 nitrogen and oxygen atoms in total. The third-order valence-corrected chi connectivity index (χ3v) is 8.71. The summed E-state index contributed by atoms with van der Waals surface area (Å²) in [6.07, 6.45) is 4.54. The lowest BCUT2D eigenvalue weighted by Gasteiger charge is -2.32. The van der Waals surface area contributed by atoms with Gasteiger partial charge in [0.25, 0.3) is 5.91 Å². The molecule has 0 radical (unpaired) electrons. The summed E-state index contributed by atoms with van der Waals surface area (Å²) in [7, 11) is -2.31. The van der Waals surface area contributed by atoms with Gasteiger partial charge in [0.15, 0.2) is 0 Å². The van der Waals surface area contributed by atoms with Crippen LogP contribution < -0.4 is 4.74 Å². The van der Waals surface area contributed by atoms with Crippen LogP contribution in [-0.2, 0) is 10.0 Å². The summed E-state index contributed by atoms with van der Waals surface area (Å²) < 4.78 is 34.0. The fraction of sp³-hybridized carbons (Fsp3) is 0.480. The van der Waals surface area contributed by atoms with Gasteiger partial charge in [-0.3, -0.25) is 4.79 Å². The quantitative estimate of drug-likeness (QED) is 0.662. The first kappa shape index (κ1) is 22.8. The van der Waals surface area contributed by atoms with E-state index in [0.717, 1.165) is 43.2 Å². The molecule has 32 heavy (non-hydrogen) atoms. The topological polar surface area (TPSA) is 66.9 Å². The van der Waals surface area contributed by atoms with Gasteiger partial charge in [0.1, 0.15) is 10.6 Å². The summed E-state index contributed by atoms with van der Waals surface area (Å²) in [5.74, 6) is 0.135. The lowest BCUT2D eigenvalue weighted by molar-refractivity contribution is 0.0735. The maximum Gasteiger partial charge on any atom is 0.254 e. The van der Waals surface area contributed by atoms with Gasteiger partial charge < -0.3 is 9.64 Å². The minimum atomic E-state index is -3.77. The highest BCUT2D eigenvalue weighted by atomic mass is 32.2. The number of carbonyl (C=O) groups excluding carboxylic acids is 1. The van der Waals surface area contributed by atoms with Crippen molar-refractivity contribution in [1.29, 1.82) is 0 Å². The second-order valence-electron chi connectivity index (χ2n) is 8.90. The van der Waals surface area contributed by atoms with E-state index in [9.17, 15) is 13.2 Å². The van der Waals surface area contributed by atoms with E-state index in [1.54, 1.807) is 16.4 Å². The van der Waals surface area contributed by atoms with Gasteiger partial charge in [0.05, 0.1) is 13.2 Å². The highest BCUT2D eigenvalue weighted by Gasteiger charge is 2.35. The van der Waals surface area contributed by atoms with E-state index in [2.05, 4.69) is 12.1 Å². The second-order valence-corrected chi connectivity index (χ2v) is 10.8. The Labute approximate surface area is 191 Å². The molecule has 0 N–H and O–H groups in total. The number of rotatable bonds is 5. The Morgan fingerprint density at radius 3 is 2.56 bits per heavy atom. The summed E-state index contributed by atoms with van der Waals surface area (Å²) in [5, 5.41) is 0. The molecule has 2 unspecified atom stereocenters. The van der Waals surface area contributed by atoms with Crippen LogP contribution in [0, 0.1) is 6.92 Å². The number of sulfonamides is 1. The third-order valence-electron chi connectivity index (χ3n) is 6.68. The maximum atomic E-state index is 13.5. The lowest BCUT2D eigenvalue weighted by Crippen LogP contribution is -2.42. The number of nitrogens with zero attached hydrogens (tertiary/aromatic N) is 2. The van der Waals surface area contributed by atoms with Crippen LogP contribution in [0.15, 0.2) is 47.4 Å². The molecule has 0 saturated carbocycles. The van der Waals surface area contributed by atoms with Gasteiger partial charge in [-0.2, -0.15) is 4.31 Å². The fourth-order valence-electron chi connectivity index (χ4n) is 4.97. The molecule has 4 rings (SSSR count). The fourth-order valence-corrected chi connectivity index (χ4v) is 6.85. The van der Waals surface area contributed by atoms with Crippen molar-refractivity contribution in [2.45, 2.75) is 62.9 Å². The number of ether oxygens (including phenoxy) is 1. The van der Waals surface area contributed by atoms with Crippen molar-refractivity contribution in [1.82, 2.24) is 9.21 Å². The molecule has 172 valence electrons. The monoisotopic (exact) mass is 456 g/mol. The van der Waals surface area contributed by atoms with E-state index in [1.807, 2.05) is 30.9 Å². The molecule has 2 aromatic carbocycles. The first-order valence-electron chi connectivity index (χ1n) is 11.4. The number of likely N-dealkylation sites (tertiary alicyclic amines) is 1. The van der Waals surface area contributed by atoms with Crippen molar-refractivity contribution in [2.24, 2.45) is 0 Å². The zero-order valence-corrected chi connectivity index (χ0v) is 19.9. The van der Waals surface area contributed by atoms with E-state index in [0.29, 0.717) is 18.7 Å². The second kappa shape index (κ2) is 9.24. The van der Waals surface area contributed by atoms with Crippen molar-refractivity contribution in [3.8, 4) is 5.75 Å². The average molecular weight is 457 g/mol. The van der Waals surface area contributed by atoms with Crippen molar-refractivity contribution in [2.75, 3.05) is 20.2 Å². The SMILES string of the molecule is COc1ccc(C(=O)N2CCCC2c2cccc(C)c2)cc1S(=O)(=O)N1CCCCC1C. The van der Waals surface area contributed by atoms with Crippen molar-refractivity contribution >= 4 is 15.9 Å². The minimum absolute atomic E-state index is 0.00618. The Bertz CT molecular complexity index is 1100. The predicted octanol–water partition coefficient (Wildman–Crippen LogP) is 4.54. The summed E-state index contributed by atoms with van der Waals surface area (Å²) in [4.78, 5) is 15.5. The molecule has 2 aromatic rings. The number of carbonyl (C=O) groups is 1. The van der Waals surface area contributed by atoms with E-state index in [-0.39, 0.29) is 28.6 Å². The molecule has 2 aliphatic heterocycles. The molecular formula is C25H32N2O4S. The number of piperidine rings is 1. The van der Waals surface area contributed by atoms with Gasteiger partial charge in [-0.05, 0) is 63.3 Å². The Morgan fingerprint density at radius 1 is 1.03 bits per heavy atom. The zero-order chi connectivity index (χ0) is 22.9. The van der Waals surface area contributed by atoms with Crippen LogP contribution in [0.4, 0.5) is 0 Å². The van der Waals surface area contributed by atoms with Gasteiger partial charge in [-0.15, -0.1) is 0 Å². The first-order valence-corrected chi connectivity index (χ1v) is 12.8. The van der Waals surface area contributed by atoms with Gasteiger partial charge in [-0.25, -0.2) is 8.42 Å².